The summed E-state index contributed by atoms with van der Waals surface area (Å²) in [5.74, 6) is 1.32. The lowest BCUT2D eigenvalue weighted by molar-refractivity contribution is 0.146. The van der Waals surface area contributed by atoms with Crippen LogP contribution in [-0.4, -0.2) is 40.7 Å². The molecule has 1 aromatic heterocycles. The standard InChI is InChI=1S/C14H17BrN4O/c1-10-8-16-5-6-19(10)9-13-17-14(18-20-13)11-3-2-4-12(15)7-11/h2-4,7,10,16H,5-6,8-9H2,1H3. The molecule has 1 N–H and O–H groups in total. The first-order valence-corrected chi connectivity index (χ1v) is 7.55. The zero-order chi connectivity index (χ0) is 13.9. The fourth-order valence-electron chi connectivity index (χ4n) is 2.36. The minimum atomic E-state index is 0.491. The average molecular weight is 337 g/mol. The molecule has 1 fully saturated rings. The predicted octanol–water partition coefficient (Wildman–Crippen LogP) is 2.29. The topological polar surface area (TPSA) is 54.2 Å². The molecule has 1 aliphatic rings. The number of nitrogens with zero attached hydrogens (tertiary/aromatic N) is 3. The largest absolute Gasteiger partial charge is 0.338 e. The van der Waals surface area contributed by atoms with Crippen LogP contribution in [0.2, 0.25) is 0 Å². The van der Waals surface area contributed by atoms with Gasteiger partial charge < -0.3 is 9.84 Å². The SMILES string of the molecule is CC1CNCCN1Cc1nc(-c2cccc(Br)c2)no1. The van der Waals surface area contributed by atoms with Gasteiger partial charge in [0.2, 0.25) is 11.7 Å². The van der Waals surface area contributed by atoms with E-state index in [9.17, 15) is 0 Å². The fourth-order valence-corrected chi connectivity index (χ4v) is 2.75. The van der Waals surface area contributed by atoms with E-state index in [0.717, 1.165) is 29.7 Å². The van der Waals surface area contributed by atoms with E-state index in [1.54, 1.807) is 0 Å². The first-order chi connectivity index (χ1) is 9.72. The maximum absolute atomic E-state index is 5.37. The smallest absolute Gasteiger partial charge is 0.241 e. The average Bonchev–Trinajstić information content (AvgIpc) is 2.90. The molecule has 0 aliphatic carbocycles. The van der Waals surface area contributed by atoms with Crippen LogP contribution in [-0.2, 0) is 6.54 Å². The van der Waals surface area contributed by atoms with E-state index in [1.165, 1.54) is 0 Å². The molecule has 0 spiro atoms. The number of hydrogen-bond acceptors (Lipinski definition) is 5. The van der Waals surface area contributed by atoms with E-state index in [1.807, 2.05) is 24.3 Å². The van der Waals surface area contributed by atoms with Gasteiger partial charge in [-0.3, -0.25) is 4.90 Å². The van der Waals surface area contributed by atoms with Crippen molar-refractivity contribution in [2.45, 2.75) is 19.5 Å². The Morgan fingerprint density at radius 1 is 1.50 bits per heavy atom. The van der Waals surface area contributed by atoms with Gasteiger partial charge >= 0.3 is 0 Å². The van der Waals surface area contributed by atoms with Crippen LogP contribution in [0.4, 0.5) is 0 Å². The Morgan fingerprint density at radius 3 is 3.20 bits per heavy atom. The molecule has 1 atom stereocenters. The minimum Gasteiger partial charge on any atom is -0.338 e. The lowest BCUT2D eigenvalue weighted by Crippen LogP contribution is -2.49. The highest BCUT2D eigenvalue weighted by Gasteiger charge is 2.20. The van der Waals surface area contributed by atoms with Crippen LogP contribution in [0.15, 0.2) is 33.3 Å². The van der Waals surface area contributed by atoms with Gasteiger partial charge in [-0.15, -0.1) is 0 Å². The van der Waals surface area contributed by atoms with E-state index < -0.39 is 0 Å². The Labute approximate surface area is 126 Å². The highest BCUT2D eigenvalue weighted by Crippen LogP contribution is 2.21. The van der Waals surface area contributed by atoms with Crippen LogP contribution in [0.3, 0.4) is 0 Å². The van der Waals surface area contributed by atoms with Crippen LogP contribution in [0.1, 0.15) is 12.8 Å². The summed E-state index contributed by atoms with van der Waals surface area (Å²) in [7, 11) is 0. The fraction of sp³-hybridized carbons (Fsp3) is 0.429. The zero-order valence-corrected chi connectivity index (χ0v) is 12.9. The monoisotopic (exact) mass is 336 g/mol. The summed E-state index contributed by atoms with van der Waals surface area (Å²) in [6.45, 7) is 5.95. The summed E-state index contributed by atoms with van der Waals surface area (Å²) in [5, 5.41) is 7.44. The molecule has 0 amide bonds. The Balaban J connectivity index is 1.73. The normalized spacial score (nSPS) is 20.2. The van der Waals surface area contributed by atoms with E-state index in [2.05, 4.69) is 43.2 Å². The molecule has 20 heavy (non-hydrogen) atoms. The third-order valence-electron chi connectivity index (χ3n) is 3.53. The summed E-state index contributed by atoms with van der Waals surface area (Å²) in [5.41, 5.74) is 0.961. The van der Waals surface area contributed by atoms with Crippen LogP contribution < -0.4 is 5.32 Å². The Bertz CT molecular complexity index is 586. The third-order valence-corrected chi connectivity index (χ3v) is 4.02. The summed E-state index contributed by atoms with van der Waals surface area (Å²) in [6, 6.07) is 8.40. The molecule has 0 radical (unpaired) electrons. The second-order valence-electron chi connectivity index (χ2n) is 5.05. The third kappa shape index (κ3) is 3.08. The van der Waals surface area contributed by atoms with Crippen molar-refractivity contribution in [1.82, 2.24) is 20.4 Å². The molecule has 1 saturated heterocycles. The molecular weight excluding hydrogens is 320 g/mol. The number of hydrogen-bond donors (Lipinski definition) is 1. The van der Waals surface area contributed by atoms with Crippen LogP contribution >= 0.6 is 15.9 Å². The lowest BCUT2D eigenvalue weighted by Gasteiger charge is -2.32. The van der Waals surface area contributed by atoms with Gasteiger partial charge in [-0.25, -0.2) is 0 Å². The van der Waals surface area contributed by atoms with Crippen LogP contribution in [0.5, 0.6) is 0 Å². The second-order valence-corrected chi connectivity index (χ2v) is 5.96. The predicted molar refractivity (Wildman–Crippen MR) is 80.2 cm³/mol. The number of rotatable bonds is 3. The van der Waals surface area contributed by atoms with Crippen molar-refractivity contribution in [2.24, 2.45) is 0 Å². The first kappa shape index (κ1) is 13.7. The van der Waals surface area contributed by atoms with Crippen LogP contribution in [0, 0.1) is 0 Å². The van der Waals surface area contributed by atoms with Gasteiger partial charge in [0.05, 0.1) is 6.54 Å². The Morgan fingerprint density at radius 2 is 2.40 bits per heavy atom. The minimum absolute atomic E-state index is 0.491. The van der Waals surface area contributed by atoms with Crippen molar-refractivity contribution in [3.63, 3.8) is 0 Å². The molecule has 1 aromatic carbocycles. The molecule has 3 rings (SSSR count). The first-order valence-electron chi connectivity index (χ1n) is 6.75. The van der Waals surface area contributed by atoms with Gasteiger partial charge in [0, 0.05) is 35.7 Å². The molecule has 6 heteroatoms. The van der Waals surface area contributed by atoms with Gasteiger partial charge in [0.15, 0.2) is 0 Å². The molecule has 1 aliphatic heterocycles. The number of nitrogens with one attached hydrogen (secondary N) is 1. The molecule has 5 nitrogen and oxygen atoms in total. The summed E-state index contributed by atoms with van der Waals surface area (Å²) < 4.78 is 6.38. The Kier molecular flexibility index (Phi) is 4.14. The van der Waals surface area contributed by atoms with Crippen molar-refractivity contribution in [1.29, 1.82) is 0 Å². The van der Waals surface area contributed by atoms with Crippen LogP contribution in [0.25, 0.3) is 11.4 Å². The Hall–Kier alpha value is -1.24. The van der Waals surface area contributed by atoms with E-state index in [0.29, 0.717) is 24.3 Å². The van der Waals surface area contributed by atoms with Gasteiger partial charge in [-0.2, -0.15) is 4.98 Å². The van der Waals surface area contributed by atoms with Gasteiger partial charge in [0.1, 0.15) is 0 Å². The molecular formula is C14H17BrN4O. The summed E-state index contributed by atoms with van der Waals surface area (Å²) >= 11 is 3.45. The van der Waals surface area contributed by atoms with Crippen molar-refractivity contribution < 1.29 is 4.52 Å². The van der Waals surface area contributed by atoms with Crippen molar-refractivity contribution >= 4 is 15.9 Å². The quantitative estimate of drug-likeness (QED) is 0.931. The molecule has 106 valence electrons. The van der Waals surface area contributed by atoms with Gasteiger partial charge in [0.25, 0.3) is 0 Å². The highest BCUT2D eigenvalue weighted by molar-refractivity contribution is 9.10. The van der Waals surface area contributed by atoms with Crippen molar-refractivity contribution in [2.75, 3.05) is 19.6 Å². The maximum Gasteiger partial charge on any atom is 0.241 e. The summed E-state index contributed by atoms with van der Waals surface area (Å²) in [4.78, 5) is 6.85. The second kappa shape index (κ2) is 6.03. The molecule has 0 saturated carbocycles. The maximum atomic E-state index is 5.37. The molecule has 1 unspecified atom stereocenters. The number of piperazine rings is 1. The van der Waals surface area contributed by atoms with Gasteiger partial charge in [-0.05, 0) is 19.1 Å². The molecule has 0 bridgehead atoms. The van der Waals surface area contributed by atoms with Crippen molar-refractivity contribution in [3.8, 4) is 11.4 Å². The number of benzene rings is 1. The molecule has 2 heterocycles. The van der Waals surface area contributed by atoms with E-state index >= 15 is 0 Å². The van der Waals surface area contributed by atoms with E-state index in [-0.39, 0.29) is 0 Å². The highest BCUT2D eigenvalue weighted by atomic mass is 79.9. The molecule has 2 aromatic rings. The van der Waals surface area contributed by atoms with E-state index in [4.69, 9.17) is 4.52 Å². The number of aromatic nitrogens is 2. The number of halogens is 1. The van der Waals surface area contributed by atoms with Gasteiger partial charge in [-0.1, -0.05) is 33.2 Å². The van der Waals surface area contributed by atoms with Crippen molar-refractivity contribution in [3.05, 3.63) is 34.6 Å². The summed E-state index contributed by atoms with van der Waals surface area (Å²) in [6.07, 6.45) is 0. The lowest BCUT2D eigenvalue weighted by atomic mass is 10.2. The zero-order valence-electron chi connectivity index (χ0n) is 11.3.